The van der Waals surface area contributed by atoms with Crippen molar-refractivity contribution >= 4 is 74.3 Å². The maximum absolute atomic E-state index is 7.08. The van der Waals surface area contributed by atoms with Gasteiger partial charge in [0.15, 0.2) is 0 Å². The van der Waals surface area contributed by atoms with Gasteiger partial charge in [0, 0.05) is 73.8 Å². The van der Waals surface area contributed by atoms with Crippen LogP contribution in [0.3, 0.4) is 0 Å². The molecule has 9 aromatic rings. The van der Waals surface area contributed by atoms with Gasteiger partial charge in [-0.3, -0.25) is 0 Å². The van der Waals surface area contributed by atoms with Gasteiger partial charge in [-0.2, -0.15) is 0 Å². The molecule has 0 spiro atoms. The fraction of sp³-hybridized carbons (Fsp3) is 0.0847. The molecule has 6 heteroatoms. The molecular formula is C59H46BN3O2. The monoisotopic (exact) mass is 839 g/mol. The van der Waals surface area contributed by atoms with Crippen molar-refractivity contribution in [1.82, 2.24) is 0 Å². The van der Waals surface area contributed by atoms with E-state index in [1.54, 1.807) is 0 Å². The molecule has 65 heavy (non-hydrogen) atoms. The highest BCUT2D eigenvalue weighted by molar-refractivity contribution is 6.99. The lowest BCUT2D eigenvalue weighted by Crippen LogP contribution is -2.59. The van der Waals surface area contributed by atoms with Crippen molar-refractivity contribution in [2.24, 2.45) is 0 Å². The minimum absolute atomic E-state index is 0.0683. The van der Waals surface area contributed by atoms with Crippen LogP contribution in [0.2, 0.25) is 0 Å². The van der Waals surface area contributed by atoms with E-state index >= 15 is 0 Å². The maximum Gasteiger partial charge on any atom is 0.256 e. The number of anilines is 9. The molecule has 0 bridgehead atoms. The fourth-order valence-corrected chi connectivity index (χ4v) is 10.2. The first-order chi connectivity index (χ1) is 31.8. The normalized spacial score (nSPS) is 13.5. The summed E-state index contributed by atoms with van der Waals surface area (Å²) in [6.07, 6.45) is 0. The summed E-state index contributed by atoms with van der Waals surface area (Å²) in [5, 5.41) is 0. The minimum Gasteiger partial charge on any atom is -0.458 e. The van der Waals surface area contributed by atoms with Crippen LogP contribution in [0.25, 0.3) is 0 Å². The molecule has 0 atom stereocenters. The topological polar surface area (TPSA) is 28.2 Å². The van der Waals surface area contributed by atoms with Crippen LogP contribution in [0.1, 0.15) is 36.1 Å². The molecule has 0 fully saturated rings. The summed E-state index contributed by atoms with van der Waals surface area (Å²) in [6, 6.07) is 74.1. The zero-order valence-electron chi connectivity index (χ0n) is 36.9. The van der Waals surface area contributed by atoms with Crippen LogP contribution in [-0.4, -0.2) is 6.71 Å². The van der Waals surface area contributed by atoms with Gasteiger partial charge in [0.05, 0.1) is 0 Å². The molecule has 0 N–H and O–H groups in total. The van der Waals surface area contributed by atoms with E-state index in [9.17, 15) is 0 Å². The quantitative estimate of drug-likeness (QED) is 0.149. The fourth-order valence-electron chi connectivity index (χ4n) is 10.2. The smallest absolute Gasteiger partial charge is 0.256 e. The number of nitrogens with zero attached hydrogens (tertiary/aromatic N) is 3. The molecule has 3 heterocycles. The molecule has 0 aliphatic carbocycles. The molecule has 0 aromatic heterocycles. The Labute approximate surface area is 381 Å². The number of aryl methyl sites for hydroxylation is 2. The Bertz CT molecular complexity index is 3240. The van der Waals surface area contributed by atoms with Crippen molar-refractivity contribution in [3.63, 3.8) is 0 Å². The third-order valence-corrected chi connectivity index (χ3v) is 13.5. The lowest BCUT2D eigenvalue weighted by atomic mass is 9.34. The predicted octanol–water partition coefficient (Wildman–Crippen LogP) is 14.1. The van der Waals surface area contributed by atoms with Gasteiger partial charge in [-0.25, -0.2) is 0 Å². The molecule has 3 aliphatic heterocycles. The average molecular weight is 840 g/mol. The van der Waals surface area contributed by atoms with E-state index in [1.165, 1.54) is 27.6 Å². The average Bonchev–Trinajstić information content (AvgIpc) is 3.33. The third-order valence-electron chi connectivity index (χ3n) is 13.5. The van der Waals surface area contributed by atoms with Crippen molar-refractivity contribution < 1.29 is 9.47 Å². The van der Waals surface area contributed by atoms with E-state index < -0.39 is 0 Å². The van der Waals surface area contributed by atoms with Gasteiger partial charge in [0.25, 0.3) is 6.71 Å². The number of hydrogen-bond acceptors (Lipinski definition) is 5. The summed E-state index contributed by atoms with van der Waals surface area (Å²) < 4.78 is 13.6. The SMILES string of the molecule is Cc1ccc(N(c2ccc3c(c2)Oc2cccc4c2B3c2ccc(N(c3ccccc3)c3ccccc3)cc2N4c2ccc(C)cc2)c2ccc3c(c2)C(C)(C)c2ccccc2O3)cc1. The molecule has 12 rings (SSSR count). The number of hydrogen-bond donors (Lipinski definition) is 0. The number of ether oxygens (including phenoxy) is 2. The van der Waals surface area contributed by atoms with Crippen LogP contribution >= 0.6 is 0 Å². The van der Waals surface area contributed by atoms with Crippen LogP contribution < -0.4 is 40.6 Å². The van der Waals surface area contributed by atoms with Crippen molar-refractivity contribution in [2.45, 2.75) is 33.1 Å². The van der Waals surface area contributed by atoms with Crippen LogP contribution in [0.15, 0.2) is 206 Å². The highest BCUT2D eigenvalue weighted by atomic mass is 16.5. The van der Waals surface area contributed by atoms with E-state index in [2.05, 4.69) is 243 Å². The Morgan fingerprint density at radius 3 is 1.65 bits per heavy atom. The summed E-state index contributed by atoms with van der Waals surface area (Å²) in [5.41, 5.74) is 17.8. The predicted molar refractivity (Wildman–Crippen MR) is 270 cm³/mol. The molecule has 0 amide bonds. The largest absolute Gasteiger partial charge is 0.458 e. The Balaban J connectivity index is 1.02. The second kappa shape index (κ2) is 15.1. The zero-order chi connectivity index (χ0) is 43.8. The van der Waals surface area contributed by atoms with Crippen LogP contribution in [0, 0.1) is 13.8 Å². The Hall–Kier alpha value is -7.96. The van der Waals surface area contributed by atoms with Gasteiger partial charge in [-0.1, -0.05) is 122 Å². The molecule has 9 aromatic carbocycles. The summed E-state index contributed by atoms with van der Waals surface area (Å²) in [4.78, 5) is 7.10. The first kappa shape index (κ1) is 38.7. The van der Waals surface area contributed by atoms with E-state index in [4.69, 9.17) is 9.47 Å². The molecule has 3 aliphatic rings. The van der Waals surface area contributed by atoms with Gasteiger partial charge in [0.2, 0.25) is 0 Å². The lowest BCUT2D eigenvalue weighted by Gasteiger charge is -2.41. The van der Waals surface area contributed by atoms with E-state index in [0.29, 0.717) is 0 Å². The Morgan fingerprint density at radius 2 is 0.923 bits per heavy atom. The highest BCUT2D eigenvalue weighted by Gasteiger charge is 2.42. The minimum atomic E-state index is -0.264. The third kappa shape index (κ3) is 6.39. The van der Waals surface area contributed by atoms with E-state index in [0.717, 1.165) is 85.2 Å². The van der Waals surface area contributed by atoms with Crippen molar-refractivity contribution in [3.8, 4) is 23.0 Å². The maximum atomic E-state index is 7.08. The summed E-state index contributed by atoms with van der Waals surface area (Å²) >= 11 is 0. The first-order valence-corrected chi connectivity index (χ1v) is 22.4. The standard InChI is InChI=1S/C59H46BN3O2/c1-39-22-26-43(27-23-39)62(45-32-35-55-49(36-45)59(3,4)48-18-11-12-20-54(48)64-55)47-31-34-51-57(38-47)65-56-21-13-19-52-58(56)60(51)50-33-30-46(37-53(50)63(52)44-28-24-40(2)25-29-44)61(41-14-7-5-8-15-41)42-16-9-6-10-17-42/h5-38H,1-4H3. The molecular weight excluding hydrogens is 793 g/mol. The van der Waals surface area contributed by atoms with Gasteiger partial charge < -0.3 is 24.2 Å². The molecule has 0 radical (unpaired) electrons. The van der Waals surface area contributed by atoms with E-state index in [1.807, 2.05) is 6.07 Å². The summed E-state index contributed by atoms with van der Waals surface area (Å²) in [7, 11) is 0. The van der Waals surface area contributed by atoms with Crippen molar-refractivity contribution in [1.29, 1.82) is 0 Å². The van der Waals surface area contributed by atoms with Crippen LogP contribution in [0.4, 0.5) is 51.2 Å². The Kier molecular flexibility index (Phi) is 8.99. The molecule has 0 saturated carbocycles. The Morgan fingerprint density at radius 1 is 0.400 bits per heavy atom. The van der Waals surface area contributed by atoms with Crippen LogP contribution in [0.5, 0.6) is 23.0 Å². The van der Waals surface area contributed by atoms with Gasteiger partial charge in [0.1, 0.15) is 23.0 Å². The van der Waals surface area contributed by atoms with Gasteiger partial charge in [-0.15, -0.1) is 0 Å². The van der Waals surface area contributed by atoms with E-state index in [-0.39, 0.29) is 12.1 Å². The summed E-state index contributed by atoms with van der Waals surface area (Å²) in [5.74, 6) is 3.51. The van der Waals surface area contributed by atoms with Gasteiger partial charge in [-0.05, 0) is 133 Å². The second-order valence-electron chi connectivity index (χ2n) is 17.9. The lowest BCUT2D eigenvalue weighted by molar-refractivity contribution is 0.418. The molecule has 312 valence electrons. The highest BCUT2D eigenvalue weighted by Crippen LogP contribution is 2.51. The molecule has 5 nitrogen and oxygen atoms in total. The number of benzene rings is 9. The van der Waals surface area contributed by atoms with Crippen molar-refractivity contribution in [3.05, 3.63) is 229 Å². The van der Waals surface area contributed by atoms with Crippen molar-refractivity contribution in [2.75, 3.05) is 14.7 Å². The van der Waals surface area contributed by atoms with Crippen LogP contribution in [-0.2, 0) is 5.41 Å². The van der Waals surface area contributed by atoms with Gasteiger partial charge >= 0.3 is 0 Å². The number of rotatable bonds is 7. The molecule has 0 saturated heterocycles. The zero-order valence-corrected chi connectivity index (χ0v) is 36.9. The summed E-state index contributed by atoms with van der Waals surface area (Å²) in [6.45, 7) is 8.79. The number of para-hydroxylation sites is 3. The second-order valence-corrected chi connectivity index (χ2v) is 17.9. The molecule has 0 unspecified atom stereocenters. The number of fused-ring (bicyclic) bond motifs is 6. The first-order valence-electron chi connectivity index (χ1n) is 22.4.